The fourth-order valence-corrected chi connectivity index (χ4v) is 3.57. The number of phenolic OH excluding ortho intramolecular Hbond substituents is 1. The highest BCUT2D eigenvalue weighted by Crippen LogP contribution is 2.25. The molecule has 3 rings (SSSR count). The number of aromatic hydroxyl groups is 1. The first-order valence-corrected chi connectivity index (χ1v) is 11.2. The number of unbranched alkanes of at least 4 members (excludes halogenated alkanes) is 2. The van der Waals surface area contributed by atoms with Crippen LogP contribution >= 0.6 is 22.6 Å². The van der Waals surface area contributed by atoms with Crippen molar-refractivity contribution in [2.45, 2.75) is 58.7 Å². The number of hydrogen-bond acceptors (Lipinski definition) is 7. The molecule has 0 fully saturated rings. The molecule has 0 unspecified atom stereocenters. The molecule has 0 saturated carbocycles. The van der Waals surface area contributed by atoms with Crippen LogP contribution in [0.5, 0.6) is 5.75 Å². The summed E-state index contributed by atoms with van der Waals surface area (Å²) in [4.78, 5) is 13.8. The van der Waals surface area contributed by atoms with Crippen LogP contribution in [0.15, 0.2) is 24.5 Å². The van der Waals surface area contributed by atoms with E-state index in [1.54, 1.807) is 26.2 Å². The van der Waals surface area contributed by atoms with Crippen LogP contribution in [0.3, 0.4) is 0 Å². The van der Waals surface area contributed by atoms with Gasteiger partial charge in [0.2, 0.25) is 5.95 Å². The van der Waals surface area contributed by atoms with Crippen LogP contribution in [-0.4, -0.2) is 41.9 Å². The lowest BCUT2D eigenvalue weighted by Gasteiger charge is -2.18. The molecule has 8 nitrogen and oxygen atoms in total. The van der Waals surface area contributed by atoms with E-state index in [2.05, 4.69) is 55.1 Å². The number of phenols is 1. The first kappa shape index (κ1) is 22.5. The molecule has 0 atom stereocenters. The summed E-state index contributed by atoms with van der Waals surface area (Å²) in [6.45, 7) is 7.19. The van der Waals surface area contributed by atoms with Gasteiger partial charge in [-0.05, 0) is 61.1 Å². The van der Waals surface area contributed by atoms with Gasteiger partial charge in [0.25, 0.3) is 0 Å². The monoisotopic (exact) mass is 524 g/mol. The Bertz CT molecular complexity index is 999. The van der Waals surface area contributed by atoms with Gasteiger partial charge >= 0.3 is 0 Å². The second-order valence-corrected chi connectivity index (χ2v) is 9.25. The molecular formula is C21H29IN6O2. The molecule has 0 spiro atoms. The van der Waals surface area contributed by atoms with Crippen LogP contribution in [0.2, 0.25) is 0 Å². The van der Waals surface area contributed by atoms with Crippen LogP contribution in [0.1, 0.15) is 45.6 Å². The Labute approximate surface area is 190 Å². The normalized spacial score (nSPS) is 11.8. The highest BCUT2D eigenvalue weighted by atomic mass is 127. The molecule has 4 N–H and O–H groups in total. The maximum atomic E-state index is 10.1. The third-order valence-corrected chi connectivity index (χ3v) is 5.30. The van der Waals surface area contributed by atoms with Gasteiger partial charge in [0.1, 0.15) is 5.75 Å². The predicted octanol–water partition coefficient (Wildman–Crippen LogP) is 4.12. The van der Waals surface area contributed by atoms with E-state index < -0.39 is 5.60 Å². The van der Waals surface area contributed by atoms with E-state index in [0.29, 0.717) is 30.4 Å². The highest BCUT2D eigenvalue weighted by Gasteiger charge is 2.17. The van der Waals surface area contributed by atoms with Gasteiger partial charge in [-0.1, -0.05) is 19.8 Å². The zero-order valence-electron chi connectivity index (χ0n) is 17.6. The first-order chi connectivity index (χ1) is 14.3. The van der Waals surface area contributed by atoms with E-state index in [1.165, 1.54) is 0 Å². The van der Waals surface area contributed by atoms with Crippen molar-refractivity contribution >= 4 is 45.5 Å². The lowest BCUT2D eigenvalue weighted by molar-refractivity contribution is 0.0943. The summed E-state index contributed by atoms with van der Waals surface area (Å²) in [7, 11) is 0. The van der Waals surface area contributed by atoms with Crippen molar-refractivity contribution < 1.29 is 10.2 Å². The zero-order valence-corrected chi connectivity index (χ0v) is 19.8. The van der Waals surface area contributed by atoms with Crippen molar-refractivity contribution in [3.63, 3.8) is 0 Å². The Morgan fingerprint density at radius 3 is 2.70 bits per heavy atom. The minimum atomic E-state index is -0.889. The van der Waals surface area contributed by atoms with E-state index in [4.69, 9.17) is 0 Å². The molecule has 0 bridgehead atoms. The van der Waals surface area contributed by atoms with Gasteiger partial charge in [0.15, 0.2) is 17.0 Å². The zero-order chi connectivity index (χ0) is 21.7. The molecule has 2 aromatic heterocycles. The van der Waals surface area contributed by atoms with Gasteiger partial charge in [0, 0.05) is 28.8 Å². The SMILES string of the molecule is CCCCCn1cnc2c(NCc3cc(I)ccc3O)nc(NCC(C)(C)O)nc21. The Morgan fingerprint density at radius 2 is 1.97 bits per heavy atom. The molecule has 0 amide bonds. The van der Waals surface area contributed by atoms with Gasteiger partial charge in [-0.25, -0.2) is 4.98 Å². The van der Waals surface area contributed by atoms with Gasteiger partial charge in [-0.3, -0.25) is 0 Å². The van der Waals surface area contributed by atoms with E-state index >= 15 is 0 Å². The molecule has 0 aliphatic heterocycles. The van der Waals surface area contributed by atoms with E-state index in [1.807, 2.05) is 16.7 Å². The van der Waals surface area contributed by atoms with E-state index in [9.17, 15) is 10.2 Å². The number of anilines is 2. The maximum Gasteiger partial charge on any atom is 0.226 e. The molecule has 2 heterocycles. The molecule has 0 aliphatic carbocycles. The smallest absolute Gasteiger partial charge is 0.226 e. The van der Waals surface area contributed by atoms with Gasteiger partial charge < -0.3 is 25.4 Å². The first-order valence-electron chi connectivity index (χ1n) is 10.2. The Hall–Kier alpha value is -2.14. The minimum absolute atomic E-state index is 0.235. The largest absolute Gasteiger partial charge is 0.508 e. The number of nitrogens with zero attached hydrogens (tertiary/aromatic N) is 4. The quantitative estimate of drug-likeness (QED) is 0.234. The number of imidazole rings is 1. The third-order valence-electron chi connectivity index (χ3n) is 4.63. The second kappa shape index (κ2) is 9.78. The Balaban J connectivity index is 1.90. The summed E-state index contributed by atoms with van der Waals surface area (Å²) in [6, 6.07) is 5.48. The molecule has 0 radical (unpaired) electrons. The number of rotatable bonds is 10. The Morgan fingerprint density at radius 1 is 1.17 bits per heavy atom. The van der Waals surface area contributed by atoms with Crippen LogP contribution in [0.4, 0.5) is 11.8 Å². The maximum absolute atomic E-state index is 10.1. The fraction of sp³-hybridized carbons (Fsp3) is 0.476. The standard InChI is InChI=1S/C21H29IN6O2/c1-4-5-6-9-28-13-25-17-18(23-11-14-10-15(22)7-8-16(14)29)26-20(27-19(17)28)24-12-21(2,3)30/h7-8,10,13,29-30H,4-6,9,11-12H2,1-3H3,(H2,23,24,26,27). The number of hydrogen-bond donors (Lipinski definition) is 4. The average Bonchev–Trinajstić information content (AvgIpc) is 3.10. The predicted molar refractivity (Wildman–Crippen MR) is 128 cm³/mol. The van der Waals surface area contributed by atoms with Crippen LogP contribution in [0, 0.1) is 3.57 Å². The summed E-state index contributed by atoms with van der Waals surface area (Å²) in [5, 5.41) is 26.6. The summed E-state index contributed by atoms with van der Waals surface area (Å²) >= 11 is 2.22. The molecule has 0 aliphatic rings. The summed E-state index contributed by atoms with van der Waals surface area (Å²) in [5.74, 6) is 1.25. The number of aryl methyl sites for hydroxylation is 1. The van der Waals surface area contributed by atoms with Crippen molar-refractivity contribution in [3.8, 4) is 5.75 Å². The molecule has 30 heavy (non-hydrogen) atoms. The molecule has 3 aromatic rings. The lowest BCUT2D eigenvalue weighted by Crippen LogP contribution is -2.30. The lowest BCUT2D eigenvalue weighted by atomic mass is 10.1. The molecule has 1 aromatic carbocycles. The second-order valence-electron chi connectivity index (χ2n) is 8.01. The third kappa shape index (κ3) is 5.94. The molecule has 9 heteroatoms. The average molecular weight is 524 g/mol. The van der Waals surface area contributed by atoms with Gasteiger partial charge in [-0.2, -0.15) is 9.97 Å². The van der Waals surface area contributed by atoms with Crippen molar-refractivity contribution in [3.05, 3.63) is 33.7 Å². The van der Waals surface area contributed by atoms with E-state index in [-0.39, 0.29) is 5.75 Å². The summed E-state index contributed by atoms with van der Waals surface area (Å²) in [6.07, 6.45) is 5.14. The van der Waals surface area contributed by atoms with E-state index in [0.717, 1.165) is 40.6 Å². The number of fused-ring (bicyclic) bond motifs is 1. The van der Waals surface area contributed by atoms with Crippen molar-refractivity contribution in [1.82, 2.24) is 19.5 Å². The number of benzene rings is 1. The summed E-state index contributed by atoms with van der Waals surface area (Å²) in [5.41, 5.74) is 1.32. The van der Waals surface area contributed by atoms with Gasteiger partial charge in [0.05, 0.1) is 11.9 Å². The molecular weight excluding hydrogens is 495 g/mol. The van der Waals surface area contributed by atoms with Gasteiger partial charge in [-0.15, -0.1) is 0 Å². The topological polar surface area (TPSA) is 108 Å². The summed E-state index contributed by atoms with van der Waals surface area (Å²) < 4.78 is 3.08. The van der Waals surface area contributed by atoms with Crippen molar-refractivity contribution in [1.29, 1.82) is 0 Å². The minimum Gasteiger partial charge on any atom is -0.508 e. The van der Waals surface area contributed by atoms with Crippen molar-refractivity contribution in [2.75, 3.05) is 17.2 Å². The number of aliphatic hydroxyl groups is 1. The van der Waals surface area contributed by atoms with Crippen LogP contribution < -0.4 is 10.6 Å². The molecule has 162 valence electrons. The van der Waals surface area contributed by atoms with Crippen molar-refractivity contribution in [2.24, 2.45) is 0 Å². The van der Waals surface area contributed by atoms with Crippen LogP contribution in [0.25, 0.3) is 11.2 Å². The number of nitrogens with one attached hydrogen (secondary N) is 2. The number of halogens is 1. The molecule has 0 saturated heterocycles. The number of aromatic nitrogens is 4. The Kier molecular flexibility index (Phi) is 7.35. The highest BCUT2D eigenvalue weighted by molar-refractivity contribution is 14.1. The van der Waals surface area contributed by atoms with Crippen LogP contribution in [-0.2, 0) is 13.1 Å². The fourth-order valence-electron chi connectivity index (χ4n) is 3.01.